The Balaban J connectivity index is 2.29. The van der Waals surface area contributed by atoms with Gasteiger partial charge in [-0.25, -0.2) is 8.42 Å². The topological polar surface area (TPSA) is 97.6 Å². The van der Waals surface area contributed by atoms with Gasteiger partial charge in [0.2, 0.25) is 0 Å². The van der Waals surface area contributed by atoms with E-state index in [1.807, 2.05) is 4.90 Å². The third-order valence-electron chi connectivity index (χ3n) is 3.26. The lowest BCUT2D eigenvalue weighted by Gasteiger charge is -2.22. The predicted molar refractivity (Wildman–Crippen MR) is 74.0 cm³/mol. The van der Waals surface area contributed by atoms with Crippen LogP contribution in [0.3, 0.4) is 0 Å². The summed E-state index contributed by atoms with van der Waals surface area (Å²) in [6.07, 6.45) is 0.950. The van der Waals surface area contributed by atoms with Gasteiger partial charge in [-0.2, -0.15) is 0 Å². The number of sulfone groups is 1. The fraction of sp³-hybridized carbons (Fsp3) is 0.417. The minimum atomic E-state index is -3.02. The minimum Gasteiger partial charge on any atom is -0.370 e. The van der Waals surface area contributed by atoms with Gasteiger partial charge in [0.15, 0.2) is 16.1 Å². The Labute approximate surface area is 116 Å². The van der Waals surface area contributed by atoms with Gasteiger partial charge in [-0.3, -0.25) is 14.9 Å². The summed E-state index contributed by atoms with van der Waals surface area (Å²) in [6, 6.07) is 4.25. The summed E-state index contributed by atoms with van der Waals surface area (Å²) in [5.74, 6) is 0.206. The fourth-order valence-corrected chi connectivity index (χ4v) is 3.47. The van der Waals surface area contributed by atoms with Crippen molar-refractivity contribution in [3.63, 3.8) is 0 Å². The first-order valence-electron chi connectivity index (χ1n) is 6.12. The molecule has 1 aliphatic heterocycles. The maximum Gasteiger partial charge on any atom is 0.280 e. The Hall–Kier alpha value is -1.96. The van der Waals surface area contributed by atoms with Crippen LogP contribution < -0.4 is 4.90 Å². The minimum absolute atomic E-state index is 0.000367. The second-order valence-corrected chi connectivity index (χ2v) is 6.91. The van der Waals surface area contributed by atoms with Crippen LogP contribution in [-0.4, -0.2) is 44.2 Å². The Kier molecular flexibility index (Phi) is 4.03. The number of carbonyl (C=O) groups excluding carboxylic acids is 1. The molecule has 0 unspecified atom stereocenters. The Morgan fingerprint density at radius 1 is 1.25 bits per heavy atom. The molecular formula is C12H14N2O5S. The third kappa shape index (κ3) is 3.13. The van der Waals surface area contributed by atoms with Crippen LogP contribution in [0.25, 0.3) is 0 Å². The first kappa shape index (κ1) is 14.4. The zero-order chi connectivity index (χ0) is 14.8. The van der Waals surface area contributed by atoms with Crippen LogP contribution in [0.15, 0.2) is 18.2 Å². The number of hydrogen-bond acceptors (Lipinski definition) is 6. The molecule has 108 valence electrons. The molecule has 0 N–H and O–H groups in total. The van der Waals surface area contributed by atoms with E-state index >= 15 is 0 Å². The highest BCUT2D eigenvalue weighted by Crippen LogP contribution is 2.24. The second kappa shape index (κ2) is 5.58. The van der Waals surface area contributed by atoms with Crippen molar-refractivity contribution in [2.75, 3.05) is 29.5 Å². The van der Waals surface area contributed by atoms with E-state index in [4.69, 9.17) is 0 Å². The molecule has 8 heteroatoms. The summed E-state index contributed by atoms with van der Waals surface area (Å²) in [7, 11) is -3.02. The maximum atomic E-state index is 11.5. The van der Waals surface area contributed by atoms with Gasteiger partial charge < -0.3 is 4.90 Å². The molecule has 1 aromatic rings. The van der Waals surface area contributed by atoms with Crippen LogP contribution in [0.5, 0.6) is 0 Å². The highest BCUT2D eigenvalue weighted by atomic mass is 32.2. The van der Waals surface area contributed by atoms with Crippen LogP contribution >= 0.6 is 0 Å². The summed E-state index contributed by atoms with van der Waals surface area (Å²) in [4.78, 5) is 22.9. The number of benzene rings is 1. The second-order valence-electron chi connectivity index (χ2n) is 4.61. The molecular weight excluding hydrogens is 284 g/mol. The van der Waals surface area contributed by atoms with Crippen LogP contribution in [-0.2, 0) is 9.84 Å². The standard InChI is InChI=1S/C12H14N2O5S/c15-9-10-8-11(2-3-12(10)14(16)17)13-4-1-6-20(18,19)7-5-13/h2-3,8-9H,1,4-7H2. The zero-order valence-corrected chi connectivity index (χ0v) is 11.5. The molecule has 0 atom stereocenters. The lowest BCUT2D eigenvalue weighted by molar-refractivity contribution is -0.385. The van der Waals surface area contributed by atoms with Gasteiger partial charge in [0.05, 0.1) is 22.0 Å². The van der Waals surface area contributed by atoms with Crippen molar-refractivity contribution in [1.82, 2.24) is 0 Å². The highest BCUT2D eigenvalue weighted by molar-refractivity contribution is 7.91. The van der Waals surface area contributed by atoms with E-state index in [1.165, 1.54) is 12.1 Å². The third-order valence-corrected chi connectivity index (χ3v) is 4.97. The maximum absolute atomic E-state index is 11.5. The van der Waals surface area contributed by atoms with E-state index in [1.54, 1.807) is 6.07 Å². The largest absolute Gasteiger partial charge is 0.370 e. The van der Waals surface area contributed by atoms with E-state index in [0.717, 1.165) is 0 Å². The molecule has 0 amide bonds. The normalized spacial score (nSPS) is 18.3. The van der Waals surface area contributed by atoms with E-state index in [2.05, 4.69) is 0 Å². The average Bonchev–Trinajstić information content (AvgIpc) is 2.59. The van der Waals surface area contributed by atoms with Crippen molar-refractivity contribution in [2.24, 2.45) is 0 Å². The molecule has 20 heavy (non-hydrogen) atoms. The Morgan fingerprint density at radius 2 is 2.00 bits per heavy atom. The number of nitro groups is 1. The lowest BCUT2D eigenvalue weighted by Crippen LogP contribution is -2.26. The van der Waals surface area contributed by atoms with Gasteiger partial charge in [-0.15, -0.1) is 0 Å². The predicted octanol–water partition coefficient (Wildman–Crippen LogP) is 1.03. The molecule has 1 aromatic carbocycles. The SMILES string of the molecule is O=Cc1cc(N2CCCS(=O)(=O)CC2)ccc1[N+](=O)[O-]. The molecule has 1 fully saturated rings. The van der Waals surface area contributed by atoms with Crippen molar-refractivity contribution < 1.29 is 18.1 Å². The smallest absolute Gasteiger partial charge is 0.280 e. The number of nitrogens with zero attached hydrogens (tertiary/aromatic N) is 2. The average molecular weight is 298 g/mol. The Bertz CT molecular complexity index is 641. The number of nitro benzene ring substituents is 1. The van der Waals surface area contributed by atoms with Crippen molar-refractivity contribution in [3.05, 3.63) is 33.9 Å². The van der Waals surface area contributed by atoms with Crippen molar-refractivity contribution in [2.45, 2.75) is 6.42 Å². The fourth-order valence-electron chi connectivity index (χ4n) is 2.20. The molecule has 0 saturated carbocycles. The molecule has 0 spiro atoms. The van der Waals surface area contributed by atoms with Crippen LogP contribution in [0.2, 0.25) is 0 Å². The summed E-state index contributed by atoms with van der Waals surface area (Å²) in [5, 5.41) is 10.8. The highest BCUT2D eigenvalue weighted by Gasteiger charge is 2.21. The summed E-state index contributed by atoms with van der Waals surface area (Å²) < 4.78 is 23.1. The molecule has 0 radical (unpaired) electrons. The van der Waals surface area contributed by atoms with Gasteiger partial charge in [0.1, 0.15) is 0 Å². The monoisotopic (exact) mass is 298 g/mol. The van der Waals surface area contributed by atoms with Crippen molar-refractivity contribution in [3.8, 4) is 0 Å². The zero-order valence-electron chi connectivity index (χ0n) is 10.7. The van der Waals surface area contributed by atoms with E-state index in [9.17, 15) is 23.3 Å². The number of hydrogen-bond donors (Lipinski definition) is 0. The van der Waals surface area contributed by atoms with Crippen LogP contribution in [0, 0.1) is 10.1 Å². The van der Waals surface area contributed by atoms with E-state index in [-0.39, 0.29) is 22.8 Å². The van der Waals surface area contributed by atoms with E-state index in [0.29, 0.717) is 31.5 Å². The summed E-state index contributed by atoms with van der Waals surface area (Å²) >= 11 is 0. The van der Waals surface area contributed by atoms with Gasteiger partial charge >= 0.3 is 0 Å². The quantitative estimate of drug-likeness (QED) is 0.469. The van der Waals surface area contributed by atoms with Gasteiger partial charge in [0.25, 0.3) is 5.69 Å². The molecule has 0 bridgehead atoms. The number of anilines is 1. The molecule has 2 rings (SSSR count). The first-order valence-corrected chi connectivity index (χ1v) is 7.94. The van der Waals surface area contributed by atoms with Crippen LogP contribution in [0.4, 0.5) is 11.4 Å². The van der Waals surface area contributed by atoms with Crippen LogP contribution in [0.1, 0.15) is 16.8 Å². The molecule has 0 aliphatic carbocycles. The number of rotatable bonds is 3. The molecule has 1 saturated heterocycles. The number of aldehydes is 1. The first-order chi connectivity index (χ1) is 9.43. The Morgan fingerprint density at radius 3 is 2.65 bits per heavy atom. The van der Waals surface area contributed by atoms with Crippen molar-refractivity contribution in [1.29, 1.82) is 0 Å². The van der Waals surface area contributed by atoms with Crippen molar-refractivity contribution >= 4 is 27.5 Å². The van der Waals surface area contributed by atoms with Gasteiger partial charge in [-0.05, 0) is 18.6 Å². The molecule has 0 aromatic heterocycles. The molecule has 7 nitrogen and oxygen atoms in total. The summed E-state index contributed by atoms with van der Waals surface area (Å²) in [6.45, 7) is 0.883. The lowest BCUT2D eigenvalue weighted by atomic mass is 10.1. The van der Waals surface area contributed by atoms with Gasteiger partial charge in [0, 0.05) is 24.8 Å². The van der Waals surface area contributed by atoms with Gasteiger partial charge in [-0.1, -0.05) is 0 Å². The molecule has 1 heterocycles. The molecule has 1 aliphatic rings. The summed E-state index contributed by atoms with van der Waals surface area (Å²) in [5.41, 5.74) is 0.389. The number of carbonyl (C=O) groups is 1. The van der Waals surface area contributed by atoms with E-state index < -0.39 is 14.8 Å².